The summed E-state index contributed by atoms with van der Waals surface area (Å²) in [6.45, 7) is 5.20. The van der Waals surface area contributed by atoms with Gasteiger partial charge in [-0.15, -0.1) is 17.9 Å². The third-order valence-corrected chi connectivity index (χ3v) is 5.00. The van der Waals surface area contributed by atoms with Crippen LogP contribution < -0.4 is 4.72 Å². The van der Waals surface area contributed by atoms with E-state index in [1.54, 1.807) is 6.08 Å². The fourth-order valence-corrected chi connectivity index (χ4v) is 3.80. The van der Waals surface area contributed by atoms with E-state index in [-0.39, 0.29) is 16.4 Å². The van der Waals surface area contributed by atoms with Crippen molar-refractivity contribution in [3.05, 3.63) is 29.0 Å². The minimum absolute atomic E-state index is 0.0944. The maximum absolute atomic E-state index is 12.2. The zero-order valence-electron chi connectivity index (χ0n) is 12.2. The highest BCUT2D eigenvalue weighted by Gasteiger charge is 2.28. The molecule has 0 aliphatic heterocycles. The number of carbonyl (C=O) groups is 2. The molecule has 1 heterocycles. The van der Waals surface area contributed by atoms with Crippen LogP contribution in [0, 0.1) is 0 Å². The second-order valence-corrected chi connectivity index (χ2v) is 6.73. The van der Waals surface area contributed by atoms with E-state index in [1.165, 1.54) is 18.4 Å². The normalized spacial score (nSPS) is 12.5. The van der Waals surface area contributed by atoms with Crippen molar-refractivity contribution < 1.29 is 27.5 Å². The van der Waals surface area contributed by atoms with Crippen LogP contribution in [-0.2, 0) is 24.3 Å². The van der Waals surface area contributed by atoms with Gasteiger partial charge < -0.3 is 9.47 Å². The van der Waals surface area contributed by atoms with E-state index in [2.05, 4.69) is 11.3 Å². The minimum Gasteiger partial charge on any atom is -0.465 e. The molecule has 0 bridgehead atoms. The monoisotopic (exact) mass is 347 g/mol. The van der Waals surface area contributed by atoms with Gasteiger partial charge in [0.1, 0.15) is 15.9 Å². The van der Waals surface area contributed by atoms with Crippen molar-refractivity contribution in [2.75, 3.05) is 13.7 Å². The zero-order valence-corrected chi connectivity index (χ0v) is 13.8. The summed E-state index contributed by atoms with van der Waals surface area (Å²) in [6.07, 6.45) is 1.21. The lowest BCUT2D eigenvalue weighted by molar-refractivity contribution is -0.129. The number of sulfonamides is 1. The first-order valence-electron chi connectivity index (χ1n) is 6.28. The van der Waals surface area contributed by atoms with Crippen molar-refractivity contribution in [2.45, 2.75) is 24.3 Å². The second kappa shape index (κ2) is 8.06. The molecule has 0 aliphatic rings. The largest absolute Gasteiger partial charge is 0.465 e. The number of hydrogen-bond donors (Lipinski definition) is 1. The van der Waals surface area contributed by atoms with E-state index >= 15 is 0 Å². The highest BCUT2D eigenvalue weighted by Crippen LogP contribution is 2.22. The maximum Gasteiger partial charge on any atom is 0.349 e. The van der Waals surface area contributed by atoms with Crippen molar-refractivity contribution >= 4 is 33.2 Å². The van der Waals surface area contributed by atoms with Crippen molar-refractivity contribution in [2.24, 2.45) is 0 Å². The summed E-state index contributed by atoms with van der Waals surface area (Å²) in [6, 6.07) is 1.23. The smallest absolute Gasteiger partial charge is 0.349 e. The molecule has 1 aromatic heterocycles. The van der Waals surface area contributed by atoms with Crippen molar-refractivity contribution in [1.29, 1.82) is 0 Å². The first-order chi connectivity index (χ1) is 10.3. The molecule has 0 radical (unpaired) electrons. The van der Waals surface area contributed by atoms with Crippen LogP contribution in [-0.4, -0.2) is 40.1 Å². The van der Waals surface area contributed by atoms with Gasteiger partial charge in [-0.3, -0.25) is 4.79 Å². The number of methoxy groups -OCH3 is 1. The summed E-state index contributed by atoms with van der Waals surface area (Å²) < 4.78 is 35.9. The number of ether oxygens (including phenoxy) is 2. The summed E-state index contributed by atoms with van der Waals surface area (Å²) in [7, 11) is -3.02. The second-order valence-electron chi connectivity index (χ2n) is 4.17. The molecule has 0 aliphatic carbocycles. The Kier molecular flexibility index (Phi) is 6.72. The third kappa shape index (κ3) is 4.65. The van der Waals surface area contributed by atoms with Crippen LogP contribution in [0.5, 0.6) is 0 Å². The molecule has 0 saturated carbocycles. The Bertz CT molecular complexity index is 649. The first kappa shape index (κ1) is 18.3. The summed E-state index contributed by atoms with van der Waals surface area (Å²) >= 11 is 0.914. The van der Waals surface area contributed by atoms with Crippen LogP contribution in [0.15, 0.2) is 29.0 Å². The zero-order chi connectivity index (χ0) is 16.8. The van der Waals surface area contributed by atoms with Gasteiger partial charge in [-0.05, 0) is 24.8 Å². The number of amides is 1. The van der Waals surface area contributed by atoms with Gasteiger partial charge in [0.2, 0.25) is 0 Å². The summed E-state index contributed by atoms with van der Waals surface area (Å²) in [5, 5.41) is 1.43. The summed E-state index contributed by atoms with van der Waals surface area (Å²) in [4.78, 5) is 23.0. The van der Waals surface area contributed by atoms with Crippen molar-refractivity contribution in [3.63, 3.8) is 0 Å². The van der Waals surface area contributed by atoms with Crippen molar-refractivity contribution in [1.82, 2.24) is 4.72 Å². The highest BCUT2D eigenvalue weighted by molar-refractivity contribution is 7.90. The minimum atomic E-state index is -4.17. The molecular formula is C13H17NO6S2. The number of rotatable bonds is 8. The Morgan fingerprint density at radius 2 is 2.18 bits per heavy atom. The van der Waals surface area contributed by atoms with Crippen LogP contribution in [0.4, 0.5) is 0 Å². The van der Waals surface area contributed by atoms with Gasteiger partial charge in [0.15, 0.2) is 0 Å². The van der Waals surface area contributed by atoms with E-state index in [0.29, 0.717) is 6.42 Å². The van der Waals surface area contributed by atoms with Gasteiger partial charge in [0.25, 0.3) is 15.9 Å². The number of carbonyl (C=O) groups excluding carboxylic acids is 2. The molecule has 1 amide bonds. The van der Waals surface area contributed by atoms with Gasteiger partial charge in [-0.1, -0.05) is 6.08 Å². The molecule has 9 heteroatoms. The molecule has 22 heavy (non-hydrogen) atoms. The standard InChI is InChI=1S/C13H17NO6S2/c1-4-5-7-20-9(2)12(15)14-22(17,18)10-6-8-21-11(10)13(16)19-3/h4,6,8-9H,1,5,7H2,2-3H3,(H,14,15). The van der Waals surface area contributed by atoms with Gasteiger partial charge in [-0.25, -0.2) is 17.9 Å². The van der Waals surface area contributed by atoms with Crippen LogP contribution in [0.1, 0.15) is 23.0 Å². The quantitative estimate of drug-likeness (QED) is 0.433. The van der Waals surface area contributed by atoms with Crippen LogP contribution in [0.2, 0.25) is 0 Å². The Morgan fingerprint density at radius 3 is 2.77 bits per heavy atom. The highest BCUT2D eigenvalue weighted by atomic mass is 32.2. The molecule has 0 saturated heterocycles. The lowest BCUT2D eigenvalue weighted by Gasteiger charge is -2.13. The molecule has 1 atom stereocenters. The summed E-state index contributed by atoms with van der Waals surface area (Å²) in [5.74, 6) is -1.59. The van der Waals surface area contributed by atoms with E-state index in [9.17, 15) is 18.0 Å². The molecule has 1 rings (SSSR count). The Morgan fingerprint density at radius 1 is 1.50 bits per heavy atom. The molecule has 1 aromatic rings. The van der Waals surface area contributed by atoms with Crippen LogP contribution in [0.25, 0.3) is 0 Å². The first-order valence-corrected chi connectivity index (χ1v) is 8.64. The fourth-order valence-electron chi connectivity index (χ4n) is 1.42. The number of nitrogens with one attached hydrogen (secondary N) is 1. The lowest BCUT2D eigenvalue weighted by atomic mass is 10.4. The molecule has 0 fully saturated rings. The van der Waals surface area contributed by atoms with Gasteiger partial charge in [0.05, 0.1) is 13.7 Å². The average Bonchev–Trinajstić information content (AvgIpc) is 2.96. The van der Waals surface area contributed by atoms with E-state index in [4.69, 9.17) is 4.74 Å². The molecule has 1 N–H and O–H groups in total. The number of thiophene rings is 1. The van der Waals surface area contributed by atoms with Gasteiger partial charge >= 0.3 is 5.97 Å². The average molecular weight is 347 g/mol. The summed E-state index contributed by atoms with van der Waals surface area (Å²) in [5.41, 5.74) is 0. The predicted molar refractivity (Wildman–Crippen MR) is 81.2 cm³/mol. The van der Waals surface area contributed by atoms with Crippen LogP contribution in [0.3, 0.4) is 0 Å². The third-order valence-electron chi connectivity index (χ3n) is 2.58. The topological polar surface area (TPSA) is 98.8 Å². The Labute approximate surface area is 133 Å². The molecular weight excluding hydrogens is 330 g/mol. The van der Waals surface area contributed by atoms with Crippen LogP contribution >= 0.6 is 11.3 Å². The maximum atomic E-state index is 12.2. The van der Waals surface area contributed by atoms with Gasteiger partial charge in [0, 0.05) is 0 Å². The Hall–Kier alpha value is -1.71. The molecule has 7 nitrogen and oxygen atoms in total. The van der Waals surface area contributed by atoms with E-state index in [0.717, 1.165) is 18.4 Å². The van der Waals surface area contributed by atoms with Crippen molar-refractivity contribution in [3.8, 4) is 0 Å². The molecule has 0 aromatic carbocycles. The van der Waals surface area contributed by atoms with E-state index in [1.807, 2.05) is 4.72 Å². The molecule has 122 valence electrons. The molecule has 1 unspecified atom stereocenters. The number of esters is 1. The van der Waals surface area contributed by atoms with E-state index < -0.39 is 28.0 Å². The molecule has 0 spiro atoms. The van der Waals surface area contributed by atoms with Gasteiger partial charge in [-0.2, -0.15) is 0 Å². The SMILES string of the molecule is C=CCCOC(C)C(=O)NS(=O)(=O)c1ccsc1C(=O)OC. The number of hydrogen-bond acceptors (Lipinski definition) is 7. The Balaban J connectivity index is 2.83. The lowest BCUT2D eigenvalue weighted by Crippen LogP contribution is -2.39. The fraction of sp³-hybridized carbons (Fsp3) is 0.385. The predicted octanol–water partition coefficient (Wildman–Crippen LogP) is 1.32.